The first kappa shape index (κ1) is 23.7. The molecule has 0 amide bonds. The predicted octanol–water partition coefficient (Wildman–Crippen LogP) is 6.69. The lowest BCUT2D eigenvalue weighted by Gasteiger charge is -1.48. The van der Waals surface area contributed by atoms with Crippen molar-refractivity contribution in [1.29, 1.82) is 0 Å². The van der Waals surface area contributed by atoms with E-state index < -0.39 is 0 Å². The third-order valence-electron chi connectivity index (χ3n) is 0. The van der Waals surface area contributed by atoms with E-state index in [0.717, 1.165) is 0 Å². The van der Waals surface area contributed by atoms with Crippen molar-refractivity contribution in [3.63, 3.8) is 0 Å². The molecule has 0 aromatic heterocycles. The molecule has 0 fully saturated rings. The molecule has 0 nitrogen and oxygen atoms in total. The van der Waals surface area contributed by atoms with Crippen molar-refractivity contribution in [2.24, 2.45) is 0 Å². The molecule has 0 atom stereocenters. The standard InChI is InChI=1S/4C3H8.C2H6/c4*1-3-2;1-2/h4*3H2,1-2H3;1-2H3/i;;;;1T. The van der Waals surface area contributed by atoms with Crippen LogP contribution in [-0.4, -0.2) is 0 Å². The molecular formula is C14H38. The van der Waals surface area contributed by atoms with Crippen molar-refractivity contribution < 1.29 is 1.37 Å². The molecule has 0 heteroatoms. The highest BCUT2D eigenvalue weighted by Gasteiger charge is 1.36. The third-order valence-corrected chi connectivity index (χ3v) is 0. The van der Waals surface area contributed by atoms with Crippen LogP contribution >= 0.6 is 0 Å². The Morgan fingerprint density at radius 3 is 0.571 bits per heavy atom. The SMILES string of the molecule is CCC.CCC.CCC.CCC.[3H]CC. The lowest BCUT2D eigenvalue weighted by atomic mass is 10.6. The van der Waals surface area contributed by atoms with Crippen molar-refractivity contribution in [2.75, 3.05) is 0 Å². The van der Waals surface area contributed by atoms with Crippen LogP contribution in [0.1, 0.15) is 96.3 Å². The van der Waals surface area contributed by atoms with Crippen molar-refractivity contribution in [2.45, 2.75) is 94.9 Å². The van der Waals surface area contributed by atoms with E-state index in [-0.39, 0.29) is 0 Å². The fraction of sp³-hybridized carbons (Fsp3) is 1.00. The second-order valence-corrected chi connectivity index (χ2v) is 2.83. The van der Waals surface area contributed by atoms with Crippen LogP contribution in [0.15, 0.2) is 0 Å². The van der Waals surface area contributed by atoms with Gasteiger partial charge in [0, 0.05) is 1.37 Å². The van der Waals surface area contributed by atoms with Gasteiger partial charge in [-0.2, -0.15) is 0 Å². The summed E-state index contributed by atoms with van der Waals surface area (Å²) in [6.45, 7) is 19.3. The molecular weight excluding hydrogens is 168 g/mol. The molecule has 0 heterocycles. The normalized spacial score (nSPS) is 6.50. The van der Waals surface area contributed by atoms with E-state index in [2.05, 4.69) is 55.4 Å². The summed E-state index contributed by atoms with van der Waals surface area (Å²) in [5, 5.41) is 0. The van der Waals surface area contributed by atoms with E-state index in [4.69, 9.17) is 1.37 Å². The molecule has 0 bridgehead atoms. The smallest absolute Gasteiger partial charge is 0.0228 e. The average Bonchev–Trinajstić information content (AvgIpc) is 2.09. The maximum Gasteiger partial charge on any atom is 0.0228 e. The van der Waals surface area contributed by atoms with E-state index in [0.29, 0.717) is 6.90 Å². The molecule has 0 N–H and O–H groups in total. The van der Waals surface area contributed by atoms with Crippen LogP contribution in [0.3, 0.4) is 0 Å². The minimum atomic E-state index is 0.500. The molecule has 0 unspecified atom stereocenters. The van der Waals surface area contributed by atoms with Gasteiger partial charge in [0.25, 0.3) is 0 Å². The maximum atomic E-state index is 6.21. The molecule has 0 saturated heterocycles. The largest absolute Gasteiger partial charge is 0.0683 e. The summed E-state index contributed by atoms with van der Waals surface area (Å²) in [5.74, 6) is 0. The maximum absolute atomic E-state index is 6.21. The van der Waals surface area contributed by atoms with Crippen molar-refractivity contribution in [1.82, 2.24) is 0 Å². The third kappa shape index (κ3) is 0. The first-order valence-corrected chi connectivity index (χ1v) is 6.36. The minimum absolute atomic E-state index is 0.500. The summed E-state index contributed by atoms with van der Waals surface area (Å²) in [6.07, 6.45) is 5.00. The van der Waals surface area contributed by atoms with Crippen LogP contribution in [0.5, 0.6) is 0 Å². The van der Waals surface area contributed by atoms with Gasteiger partial charge in [-0.1, -0.05) is 94.9 Å². The zero-order valence-corrected chi connectivity index (χ0v) is 12.5. The Morgan fingerprint density at radius 1 is 0.571 bits per heavy atom. The molecule has 0 aliphatic carbocycles. The Balaban J connectivity index is -0.0000000278. The molecule has 0 radical (unpaired) electrons. The van der Waals surface area contributed by atoms with E-state index >= 15 is 0 Å². The lowest BCUT2D eigenvalue weighted by molar-refractivity contribution is 1.09. The lowest BCUT2D eigenvalue weighted by Crippen LogP contribution is -1.27. The predicted molar refractivity (Wildman–Crippen MR) is 75.2 cm³/mol. The molecule has 0 rings (SSSR count). The first-order chi connectivity index (χ1) is 7.07. The second-order valence-electron chi connectivity index (χ2n) is 2.83. The Labute approximate surface area is 96.9 Å². The van der Waals surface area contributed by atoms with Gasteiger partial charge in [-0.3, -0.25) is 0 Å². The molecule has 0 aromatic rings. The van der Waals surface area contributed by atoms with Crippen LogP contribution in [0.2, 0.25) is 0 Å². The summed E-state index contributed by atoms with van der Waals surface area (Å²) in [7, 11) is 0. The van der Waals surface area contributed by atoms with E-state index in [9.17, 15) is 0 Å². The van der Waals surface area contributed by atoms with Crippen molar-refractivity contribution in [3.05, 3.63) is 0 Å². The zero-order valence-electron chi connectivity index (χ0n) is 13.5. The number of rotatable bonds is 0. The van der Waals surface area contributed by atoms with E-state index in [1.807, 2.05) is 0 Å². The monoisotopic (exact) mass is 208 g/mol. The summed E-state index contributed by atoms with van der Waals surface area (Å²) >= 11 is 0. The molecule has 0 spiro atoms. The van der Waals surface area contributed by atoms with Crippen LogP contribution in [0.4, 0.5) is 0 Å². The van der Waals surface area contributed by atoms with E-state index in [1.54, 1.807) is 6.92 Å². The Bertz CT molecular complexity index is 16.9. The highest BCUT2D eigenvalue weighted by Crippen LogP contribution is 1.57. The summed E-state index contributed by atoms with van der Waals surface area (Å²) in [4.78, 5) is 0. The van der Waals surface area contributed by atoms with Crippen LogP contribution < -0.4 is 0 Å². The average molecular weight is 208 g/mol. The van der Waals surface area contributed by atoms with Gasteiger partial charge in [0.2, 0.25) is 0 Å². The topological polar surface area (TPSA) is 0 Å². The van der Waals surface area contributed by atoms with E-state index in [1.165, 1.54) is 25.7 Å². The number of hydrogen-bond acceptors (Lipinski definition) is 0. The minimum Gasteiger partial charge on any atom is -0.0683 e. The highest BCUT2D eigenvalue weighted by atomic mass is 13.4. The van der Waals surface area contributed by atoms with Crippen LogP contribution in [0.25, 0.3) is 0 Å². The summed E-state index contributed by atoms with van der Waals surface area (Å²) in [6, 6.07) is 0. The van der Waals surface area contributed by atoms with Gasteiger partial charge in [-0.15, -0.1) is 0 Å². The van der Waals surface area contributed by atoms with Gasteiger partial charge >= 0.3 is 0 Å². The van der Waals surface area contributed by atoms with Gasteiger partial charge in [-0.05, 0) is 0 Å². The quantitative estimate of drug-likeness (QED) is 0.416. The first-order valence-electron chi connectivity index (χ1n) is 7.07. The van der Waals surface area contributed by atoms with Crippen LogP contribution in [-0.2, 0) is 0 Å². The zero-order chi connectivity index (χ0) is 13.5. The molecule has 0 aromatic carbocycles. The Morgan fingerprint density at radius 2 is 0.571 bits per heavy atom. The molecule has 0 aliphatic heterocycles. The Hall–Kier alpha value is 0. The van der Waals surface area contributed by atoms with Gasteiger partial charge in [0.05, 0.1) is 0 Å². The molecule has 14 heavy (non-hydrogen) atoms. The van der Waals surface area contributed by atoms with Crippen molar-refractivity contribution in [3.8, 4) is 0 Å². The summed E-state index contributed by atoms with van der Waals surface area (Å²) < 4.78 is 6.21. The van der Waals surface area contributed by atoms with Gasteiger partial charge in [0.15, 0.2) is 0 Å². The van der Waals surface area contributed by atoms with Gasteiger partial charge in [0.1, 0.15) is 0 Å². The van der Waals surface area contributed by atoms with Crippen molar-refractivity contribution >= 4 is 0 Å². The number of hydrogen-bond donors (Lipinski definition) is 0. The Kier molecular flexibility index (Phi) is 198. The molecule has 94 valence electrons. The van der Waals surface area contributed by atoms with Crippen LogP contribution in [0, 0.1) is 0 Å². The summed E-state index contributed by atoms with van der Waals surface area (Å²) in [5.41, 5.74) is 0. The fourth-order valence-corrected chi connectivity index (χ4v) is 0. The fourth-order valence-electron chi connectivity index (χ4n) is 0. The molecule has 0 aliphatic rings. The van der Waals surface area contributed by atoms with Gasteiger partial charge in [-0.25, -0.2) is 0 Å². The highest BCUT2D eigenvalue weighted by molar-refractivity contribution is 3.93. The second kappa shape index (κ2) is 117. The van der Waals surface area contributed by atoms with Gasteiger partial charge < -0.3 is 0 Å². The molecule has 0 saturated carbocycles.